The second kappa shape index (κ2) is 6.32. The van der Waals surface area contributed by atoms with E-state index in [1.807, 2.05) is 12.1 Å². The molecule has 0 aromatic heterocycles. The fraction of sp³-hybridized carbons (Fsp3) is 0.400. The van der Waals surface area contributed by atoms with Crippen LogP contribution in [0.1, 0.15) is 18.1 Å². The normalized spacial score (nSPS) is 15.2. The Hall–Kier alpha value is -2.17. The number of hydrogen-bond donors (Lipinski definition) is 1. The van der Waals surface area contributed by atoms with E-state index in [4.69, 9.17) is 14.2 Å². The standard InChI is InChI=1S/C15H19NO4/c1-4-20-15(17)8-12-5-10-6-13(18-2)14(19-3)7-11(10)9-16-12/h6-8,16H,4-5,9H2,1-3H3. The van der Waals surface area contributed by atoms with Crippen LogP contribution in [0.2, 0.25) is 0 Å². The maximum atomic E-state index is 11.5. The second-order valence-electron chi connectivity index (χ2n) is 4.43. The molecule has 2 rings (SSSR count). The molecule has 0 spiro atoms. The van der Waals surface area contributed by atoms with Crippen molar-refractivity contribution < 1.29 is 19.0 Å². The van der Waals surface area contributed by atoms with E-state index in [2.05, 4.69) is 5.32 Å². The summed E-state index contributed by atoms with van der Waals surface area (Å²) in [4.78, 5) is 11.5. The van der Waals surface area contributed by atoms with Gasteiger partial charge in [0.15, 0.2) is 11.5 Å². The molecule has 0 aliphatic carbocycles. The van der Waals surface area contributed by atoms with Crippen molar-refractivity contribution in [1.29, 1.82) is 0 Å². The summed E-state index contributed by atoms with van der Waals surface area (Å²) in [7, 11) is 3.23. The zero-order valence-corrected chi connectivity index (χ0v) is 12.0. The van der Waals surface area contributed by atoms with Crippen LogP contribution >= 0.6 is 0 Å². The van der Waals surface area contributed by atoms with E-state index in [1.54, 1.807) is 21.1 Å². The zero-order valence-electron chi connectivity index (χ0n) is 12.0. The number of ether oxygens (including phenoxy) is 3. The molecule has 20 heavy (non-hydrogen) atoms. The van der Waals surface area contributed by atoms with Crippen molar-refractivity contribution in [2.75, 3.05) is 20.8 Å². The van der Waals surface area contributed by atoms with Crippen molar-refractivity contribution in [2.45, 2.75) is 19.9 Å². The fourth-order valence-corrected chi connectivity index (χ4v) is 2.20. The summed E-state index contributed by atoms with van der Waals surface area (Å²) in [5, 5.41) is 3.22. The number of allylic oxidation sites excluding steroid dienone is 1. The van der Waals surface area contributed by atoms with Gasteiger partial charge in [-0.2, -0.15) is 0 Å². The maximum absolute atomic E-state index is 11.5. The Kier molecular flexibility index (Phi) is 4.50. The summed E-state index contributed by atoms with van der Waals surface area (Å²) in [5.74, 6) is 1.09. The molecule has 0 saturated carbocycles. The van der Waals surface area contributed by atoms with Crippen LogP contribution in [0, 0.1) is 0 Å². The van der Waals surface area contributed by atoms with Crippen molar-refractivity contribution in [3.8, 4) is 11.5 Å². The topological polar surface area (TPSA) is 56.8 Å². The van der Waals surface area contributed by atoms with E-state index in [9.17, 15) is 4.79 Å². The number of rotatable bonds is 4. The molecule has 1 aliphatic heterocycles. The minimum absolute atomic E-state index is 0.320. The van der Waals surface area contributed by atoms with Gasteiger partial charge in [-0.25, -0.2) is 4.79 Å². The molecule has 0 unspecified atom stereocenters. The highest BCUT2D eigenvalue weighted by Crippen LogP contribution is 2.33. The summed E-state index contributed by atoms with van der Waals surface area (Å²) in [6.07, 6.45) is 2.15. The second-order valence-corrected chi connectivity index (χ2v) is 4.43. The molecule has 5 heteroatoms. The van der Waals surface area contributed by atoms with Gasteiger partial charge in [-0.05, 0) is 30.2 Å². The molecule has 0 atom stereocenters. The Labute approximate surface area is 118 Å². The van der Waals surface area contributed by atoms with Gasteiger partial charge < -0.3 is 19.5 Å². The van der Waals surface area contributed by atoms with Crippen molar-refractivity contribution in [3.63, 3.8) is 0 Å². The van der Waals surface area contributed by atoms with E-state index in [0.29, 0.717) is 31.1 Å². The number of carbonyl (C=O) groups excluding carboxylic acids is 1. The Morgan fingerprint density at radius 1 is 1.25 bits per heavy atom. The largest absolute Gasteiger partial charge is 0.493 e. The summed E-state index contributed by atoms with van der Waals surface area (Å²) in [6.45, 7) is 2.82. The zero-order chi connectivity index (χ0) is 14.5. The quantitative estimate of drug-likeness (QED) is 0.672. The molecule has 1 N–H and O–H groups in total. The summed E-state index contributed by atoms with van der Waals surface area (Å²) in [6, 6.07) is 3.91. The van der Waals surface area contributed by atoms with Crippen LogP contribution in [-0.2, 0) is 22.5 Å². The van der Waals surface area contributed by atoms with Gasteiger partial charge in [0.1, 0.15) is 0 Å². The van der Waals surface area contributed by atoms with Crippen LogP contribution in [0.3, 0.4) is 0 Å². The van der Waals surface area contributed by atoms with Gasteiger partial charge in [0.05, 0.1) is 20.8 Å². The molecule has 1 heterocycles. The number of methoxy groups -OCH3 is 2. The van der Waals surface area contributed by atoms with Gasteiger partial charge >= 0.3 is 5.97 Å². The SMILES string of the molecule is CCOC(=O)C=C1Cc2cc(OC)c(OC)cc2CN1. The molecule has 0 amide bonds. The number of benzene rings is 1. The van der Waals surface area contributed by atoms with Gasteiger partial charge in [0.2, 0.25) is 0 Å². The maximum Gasteiger partial charge on any atom is 0.332 e. The van der Waals surface area contributed by atoms with E-state index >= 15 is 0 Å². The third kappa shape index (κ3) is 3.04. The van der Waals surface area contributed by atoms with E-state index in [1.165, 1.54) is 6.08 Å². The lowest BCUT2D eigenvalue weighted by molar-refractivity contribution is -0.137. The van der Waals surface area contributed by atoms with Gasteiger partial charge in [-0.15, -0.1) is 0 Å². The number of nitrogens with one attached hydrogen (secondary N) is 1. The lowest BCUT2D eigenvalue weighted by Gasteiger charge is -2.22. The third-order valence-corrected chi connectivity index (χ3v) is 3.17. The van der Waals surface area contributed by atoms with Gasteiger partial charge in [0, 0.05) is 24.7 Å². The number of hydrogen-bond acceptors (Lipinski definition) is 5. The Bertz CT molecular complexity index is 537. The Morgan fingerprint density at radius 2 is 1.90 bits per heavy atom. The Morgan fingerprint density at radius 3 is 2.50 bits per heavy atom. The van der Waals surface area contributed by atoms with Crippen LogP contribution in [0.5, 0.6) is 11.5 Å². The van der Waals surface area contributed by atoms with Crippen molar-refractivity contribution >= 4 is 5.97 Å². The molecule has 108 valence electrons. The lowest BCUT2D eigenvalue weighted by Crippen LogP contribution is -2.23. The lowest BCUT2D eigenvalue weighted by atomic mass is 9.98. The third-order valence-electron chi connectivity index (χ3n) is 3.17. The van der Waals surface area contributed by atoms with Crippen LogP contribution in [-0.4, -0.2) is 26.8 Å². The summed E-state index contributed by atoms with van der Waals surface area (Å²) >= 11 is 0. The highest BCUT2D eigenvalue weighted by Gasteiger charge is 2.17. The van der Waals surface area contributed by atoms with Crippen LogP contribution in [0.4, 0.5) is 0 Å². The monoisotopic (exact) mass is 277 g/mol. The van der Waals surface area contributed by atoms with E-state index in [0.717, 1.165) is 16.8 Å². The molecule has 1 aromatic rings. The molecule has 1 aromatic carbocycles. The van der Waals surface area contributed by atoms with Crippen LogP contribution in [0.25, 0.3) is 0 Å². The first-order valence-electron chi connectivity index (χ1n) is 6.53. The predicted octanol–water partition coefficient (Wildman–Crippen LogP) is 1.80. The highest BCUT2D eigenvalue weighted by atomic mass is 16.5. The van der Waals surface area contributed by atoms with Crippen LogP contribution < -0.4 is 14.8 Å². The minimum atomic E-state index is -0.320. The van der Waals surface area contributed by atoms with Crippen molar-refractivity contribution in [2.24, 2.45) is 0 Å². The molecular formula is C15H19NO4. The summed E-state index contributed by atoms with van der Waals surface area (Å²) < 4.78 is 15.5. The minimum Gasteiger partial charge on any atom is -0.493 e. The van der Waals surface area contributed by atoms with Gasteiger partial charge in [0.25, 0.3) is 0 Å². The molecule has 0 radical (unpaired) electrons. The molecule has 0 saturated heterocycles. The molecule has 0 fully saturated rings. The molecule has 0 bridgehead atoms. The highest BCUT2D eigenvalue weighted by molar-refractivity contribution is 5.82. The van der Waals surface area contributed by atoms with Gasteiger partial charge in [-0.1, -0.05) is 0 Å². The first-order chi connectivity index (χ1) is 9.67. The number of esters is 1. The molecular weight excluding hydrogens is 258 g/mol. The van der Waals surface area contributed by atoms with Crippen molar-refractivity contribution in [1.82, 2.24) is 5.32 Å². The smallest absolute Gasteiger partial charge is 0.332 e. The van der Waals surface area contributed by atoms with E-state index < -0.39 is 0 Å². The first kappa shape index (κ1) is 14.2. The van der Waals surface area contributed by atoms with Crippen LogP contribution in [0.15, 0.2) is 23.9 Å². The summed E-state index contributed by atoms with van der Waals surface area (Å²) in [5.41, 5.74) is 3.11. The average molecular weight is 277 g/mol. The fourth-order valence-electron chi connectivity index (χ4n) is 2.20. The average Bonchev–Trinajstić information content (AvgIpc) is 2.45. The Balaban J connectivity index is 2.23. The van der Waals surface area contributed by atoms with Gasteiger partial charge in [-0.3, -0.25) is 0 Å². The molecule has 1 aliphatic rings. The van der Waals surface area contributed by atoms with E-state index in [-0.39, 0.29) is 5.97 Å². The molecule has 5 nitrogen and oxygen atoms in total. The first-order valence-corrected chi connectivity index (χ1v) is 6.53. The van der Waals surface area contributed by atoms with Crippen molar-refractivity contribution in [3.05, 3.63) is 35.0 Å². The number of fused-ring (bicyclic) bond motifs is 1. The predicted molar refractivity (Wildman–Crippen MR) is 74.8 cm³/mol. The number of carbonyl (C=O) groups is 1.